The molecule has 1 saturated carbocycles. The Bertz CT molecular complexity index is 687. The van der Waals surface area contributed by atoms with Crippen LogP contribution in [-0.4, -0.2) is 32.0 Å². The molecule has 0 aliphatic heterocycles. The van der Waals surface area contributed by atoms with Crippen molar-refractivity contribution in [3.05, 3.63) is 35.4 Å². The van der Waals surface area contributed by atoms with Gasteiger partial charge in [0.2, 0.25) is 0 Å². The fraction of sp³-hybridized carbons (Fsp3) is 0.588. The maximum absolute atomic E-state index is 12.3. The smallest absolute Gasteiger partial charge is 0.315 e. The molecule has 3 rings (SSSR count). The predicted octanol–water partition coefficient (Wildman–Crippen LogP) is 2.33. The largest absolute Gasteiger partial charge is 0.334 e. The molecule has 1 aromatic carbocycles. The Morgan fingerprint density at radius 3 is 2.61 bits per heavy atom. The molecule has 6 heteroatoms. The summed E-state index contributed by atoms with van der Waals surface area (Å²) in [5.41, 5.74) is 2.45. The highest BCUT2D eigenvalue weighted by molar-refractivity contribution is 7.91. The van der Waals surface area contributed by atoms with Gasteiger partial charge in [0.1, 0.15) is 0 Å². The predicted molar refractivity (Wildman–Crippen MR) is 90.1 cm³/mol. The molecule has 0 radical (unpaired) electrons. The number of aryl methyl sites for hydroxylation is 1. The molecule has 3 atom stereocenters. The molecule has 1 unspecified atom stereocenters. The van der Waals surface area contributed by atoms with Gasteiger partial charge in [-0.3, -0.25) is 0 Å². The van der Waals surface area contributed by atoms with Crippen molar-refractivity contribution in [2.75, 3.05) is 6.26 Å². The first kappa shape index (κ1) is 16.3. The topological polar surface area (TPSA) is 75.3 Å². The zero-order valence-electron chi connectivity index (χ0n) is 13.4. The summed E-state index contributed by atoms with van der Waals surface area (Å²) in [6, 6.07) is 7.62. The third kappa shape index (κ3) is 3.68. The van der Waals surface area contributed by atoms with Crippen LogP contribution in [0, 0.1) is 0 Å². The fourth-order valence-corrected chi connectivity index (χ4v) is 5.25. The number of sulfone groups is 1. The number of benzene rings is 1. The van der Waals surface area contributed by atoms with Gasteiger partial charge < -0.3 is 10.6 Å². The quantitative estimate of drug-likeness (QED) is 0.889. The zero-order chi connectivity index (χ0) is 16.4. The number of rotatable bonds is 3. The SMILES string of the molecule is CS(=O)(=O)[C@@H]1CCCC[C@H]1NC(=O)NC1CCc2ccccc21. The van der Waals surface area contributed by atoms with Crippen molar-refractivity contribution >= 4 is 15.9 Å². The van der Waals surface area contributed by atoms with Gasteiger partial charge >= 0.3 is 6.03 Å². The second kappa shape index (κ2) is 6.51. The van der Waals surface area contributed by atoms with Crippen LogP contribution in [0.4, 0.5) is 4.79 Å². The maximum Gasteiger partial charge on any atom is 0.315 e. The summed E-state index contributed by atoms with van der Waals surface area (Å²) < 4.78 is 23.8. The van der Waals surface area contributed by atoms with E-state index in [1.54, 1.807) is 0 Å². The molecular formula is C17H24N2O3S. The molecule has 0 saturated heterocycles. The third-order valence-corrected chi connectivity index (χ3v) is 6.67. The van der Waals surface area contributed by atoms with Crippen LogP contribution in [0.2, 0.25) is 0 Å². The van der Waals surface area contributed by atoms with Crippen molar-refractivity contribution in [2.24, 2.45) is 0 Å². The lowest BCUT2D eigenvalue weighted by atomic mass is 9.95. The van der Waals surface area contributed by atoms with Crippen molar-refractivity contribution < 1.29 is 13.2 Å². The van der Waals surface area contributed by atoms with E-state index in [2.05, 4.69) is 16.7 Å². The molecular weight excluding hydrogens is 312 g/mol. The molecule has 0 bridgehead atoms. The van der Waals surface area contributed by atoms with E-state index in [-0.39, 0.29) is 18.1 Å². The summed E-state index contributed by atoms with van der Waals surface area (Å²) in [5.74, 6) is 0. The molecule has 2 N–H and O–H groups in total. The van der Waals surface area contributed by atoms with Gasteiger partial charge in [-0.1, -0.05) is 37.1 Å². The molecule has 0 aromatic heterocycles. The summed E-state index contributed by atoms with van der Waals surface area (Å²) in [6.07, 6.45) is 6.37. The number of carbonyl (C=O) groups is 1. The Hall–Kier alpha value is -1.56. The Labute approximate surface area is 137 Å². The molecule has 0 spiro atoms. The highest BCUT2D eigenvalue weighted by Gasteiger charge is 2.34. The summed E-state index contributed by atoms with van der Waals surface area (Å²) in [7, 11) is -3.14. The second-order valence-electron chi connectivity index (χ2n) is 6.67. The number of carbonyl (C=O) groups excluding carboxylic acids is 1. The zero-order valence-corrected chi connectivity index (χ0v) is 14.2. The Morgan fingerprint density at radius 1 is 1.09 bits per heavy atom. The van der Waals surface area contributed by atoms with Crippen LogP contribution in [0.15, 0.2) is 24.3 Å². The Kier molecular flexibility index (Phi) is 4.62. The fourth-order valence-electron chi connectivity index (χ4n) is 3.85. The number of urea groups is 1. The van der Waals surface area contributed by atoms with E-state index in [4.69, 9.17) is 0 Å². The normalized spacial score (nSPS) is 27.3. The number of amides is 2. The average molecular weight is 336 g/mol. The van der Waals surface area contributed by atoms with Gasteiger partial charge in [0, 0.05) is 12.3 Å². The minimum atomic E-state index is -3.14. The van der Waals surface area contributed by atoms with E-state index in [0.29, 0.717) is 6.42 Å². The molecule has 2 amide bonds. The third-order valence-electron chi connectivity index (χ3n) is 5.01. The first-order chi connectivity index (χ1) is 10.9. The first-order valence-electron chi connectivity index (χ1n) is 8.29. The van der Waals surface area contributed by atoms with Crippen LogP contribution in [0.5, 0.6) is 0 Å². The standard InChI is InChI=1S/C17H24N2O3S/c1-23(21,22)16-9-5-4-8-15(16)19-17(20)18-14-11-10-12-6-2-3-7-13(12)14/h2-3,6-7,14-16H,4-5,8-11H2,1H3,(H2,18,19,20)/t14?,15-,16-/m1/s1. The molecule has 23 heavy (non-hydrogen) atoms. The van der Waals surface area contributed by atoms with Crippen molar-refractivity contribution in [1.29, 1.82) is 0 Å². The van der Waals surface area contributed by atoms with Crippen LogP contribution in [0.1, 0.15) is 49.3 Å². The minimum absolute atomic E-state index is 0.0199. The lowest BCUT2D eigenvalue weighted by molar-refractivity contribution is 0.229. The van der Waals surface area contributed by atoms with Gasteiger partial charge in [-0.2, -0.15) is 0 Å². The van der Waals surface area contributed by atoms with E-state index >= 15 is 0 Å². The van der Waals surface area contributed by atoms with Crippen LogP contribution < -0.4 is 10.6 Å². The Balaban J connectivity index is 1.63. The summed E-state index contributed by atoms with van der Waals surface area (Å²) in [6.45, 7) is 0. The molecule has 1 aromatic rings. The van der Waals surface area contributed by atoms with E-state index in [1.165, 1.54) is 17.4 Å². The number of fused-ring (bicyclic) bond motifs is 1. The number of hydrogen-bond donors (Lipinski definition) is 2. The summed E-state index contributed by atoms with van der Waals surface area (Å²) in [5, 5.41) is 5.45. The van der Waals surface area contributed by atoms with Gasteiger partial charge in [-0.15, -0.1) is 0 Å². The average Bonchev–Trinajstić information content (AvgIpc) is 2.90. The van der Waals surface area contributed by atoms with E-state index in [0.717, 1.165) is 32.1 Å². The van der Waals surface area contributed by atoms with E-state index < -0.39 is 15.1 Å². The highest BCUT2D eigenvalue weighted by Crippen LogP contribution is 2.30. The molecule has 1 fully saturated rings. The van der Waals surface area contributed by atoms with Gasteiger partial charge in [-0.25, -0.2) is 13.2 Å². The molecule has 2 aliphatic rings. The van der Waals surface area contributed by atoms with E-state index in [1.807, 2.05) is 18.2 Å². The van der Waals surface area contributed by atoms with Crippen molar-refractivity contribution in [2.45, 2.75) is 55.9 Å². The highest BCUT2D eigenvalue weighted by atomic mass is 32.2. The molecule has 126 valence electrons. The maximum atomic E-state index is 12.3. The molecule has 5 nitrogen and oxygen atoms in total. The van der Waals surface area contributed by atoms with Gasteiger partial charge in [0.15, 0.2) is 9.84 Å². The van der Waals surface area contributed by atoms with Crippen LogP contribution >= 0.6 is 0 Å². The van der Waals surface area contributed by atoms with Gasteiger partial charge in [0.25, 0.3) is 0 Å². The number of hydrogen-bond acceptors (Lipinski definition) is 3. The Morgan fingerprint density at radius 2 is 1.83 bits per heavy atom. The van der Waals surface area contributed by atoms with Gasteiger partial charge in [-0.05, 0) is 36.8 Å². The monoisotopic (exact) mass is 336 g/mol. The van der Waals surface area contributed by atoms with Crippen LogP contribution in [0.3, 0.4) is 0 Å². The van der Waals surface area contributed by atoms with E-state index in [9.17, 15) is 13.2 Å². The van der Waals surface area contributed by atoms with Gasteiger partial charge in [0.05, 0.1) is 11.3 Å². The van der Waals surface area contributed by atoms with Crippen LogP contribution in [0.25, 0.3) is 0 Å². The second-order valence-corrected chi connectivity index (χ2v) is 8.93. The van der Waals surface area contributed by atoms with Crippen molar-refractivity contribution in [1.82, 2.24) is 10.6 Å². The van der Waals surface area contributed by atoms with Crippen molar-refractivity contribution in [3.8, 4) is 0 Å². The summed E-state index contributed by atoms with van der Waals surface area (Å²) >= 11 is 0. The lowest BCUT2D eigenvalue weighted by Crippen LogP contribution is -2.51. The molecule has 0 heterocycles. The van der Waals surface area contributed by atoms with Crippen molar-refractivity contribution in [3.63, 3.8) is 0 Å². The molecule has 2 aliphatic carbocycles. The first-order valence-corrected chi connectivity index (χ1v) is 10.2. The summed E-state index contributed by atoms with van der Waals surface area (Å²) in [4.78, 5) is 12.3. The lowest BCUT2D eigenvalue weighted by Gasteiger charge is -2.31. The number of nitrogens with one attached hydrogen (secondary N) is 2. The van der Waals surface area contributed by atoms with Crippen LogP contribution in [-0.2, 0) is 16.3 Å². The minimum Gasteiger partial charge on any atom is -0.334 e.